The molecule has 1 amide bonds. The molecule has 1 aliphatic carbocycles. The largest absolute Gasteiger partial charge is 0.573 e. The van der Waals surface area contributed by atoms with Crippen molar-refractivity contribution < 1.29 is 22.7 Å². The highest BCUT2D eigenvalue weighted by Gasteiger charge is 2.36. The number of hydrogen-bond acceptors (Lipinski definition) is 2. The van der Waals surface area contributed by atoms with E-state index >= 15 is 0 Å². The molecule has 3 rings (SSSR count). The first-order valence-electron chi connectivity index (χ1n) is 10.2. The summed E-state index contributed by atoms with van der Waals surface area (Å²) in [7, 11) is 0. The molecule has 0 saturated carbocycles. The number of rotatable bonds is 4. The van der Waals surface area contributed by atoms with Gasteiger partial charge >= 0.3 is 6.36 Å². The Labute approximate surface area is 181 Å². The Morgan fingerprint density at radius 3 is 2.27 bits per heavy atom. The second-order valence-corrected chi connectivity index (χ2v) is 6.58. The molecule has 1 fully saturated rings. The molecule has 2 aliphatic rings. The molecular formula is C23H29ClF3NO2. The van der Waals surface area contributed by atoms with Crippen molar-refractivity contribution in [2.75, 3.05) is 6.54 Å². The number of likely N-dealkylation sites (tertiary alicyclic amines) is 1. The van der Waals surface area contributed by atoms with Crippen molar-refractivity contribution >= 4 is 17.5 Å². The number of amides is 1. The van der Waals surface area contributed by atoms with Gasteiger partial charge in [0.2, 0.25) is 0 Å². The molecule has 30 heavy (non-hydrogen) atoms. The standard InChI is InChI=1S/C19H17ClF3NO2.2C2H6/c1-2-12-3-6-14-11-24(18(25)17(14)16(20)9-12)10-13-4-7-15(8-5-13)26-19(21,22)23;2*1-2/h3-9,14H,2,10-11H2,1H3;2*1-2H3. The van der Waals surface area contributed by atoms with Crippen LogP contribution in [0, 0.1) is 5.92 Å². The van der Waals surface area contributed by atoms with Crippen molar-refractivity contribution in [3.63, 3.8) is 0 Å². The van der Waals surface area contributed by atoms with Crippen molar-refractivity contribution in [2.24, 2.45) is 5.92 Å². The van der Waals surface area contributed by atoms with Crippen LogP contribution in [-0.4, -0.2) is 23.7 Å². The topological polar surface area (TPSA) is 29.5 Å². The Hall–Kier alpha value is -2.21. The van der Waals surface area contributed by atoms with Crippen LogP contribution in [0.3, 0.4) is 0 Å². The maximum atomic E-state index is 12.7. The molecule has 7 heteroatoms. The summed E-state index contributed by atoms with van der Waals surface area (Å²) in [5.74, 6) is -0.512. The van der Waals surface area contributed by atoms with Gasteiger partial charge in [0.05, 0.1) is 5.03 Å². The average molecular weight is 444 g/mol. The van der Waals surface area contributed by atoms with Crippen LogP contribution in [0.1, 0.15) is 46.6 Å². The minimum atomic E-state index is -4.72. The van der Waals surface area contributed by atoms with Crippen molar-refractivity contribution in [1.82, 2.24) is 4.90 Å². The number of hydrogen-bond donors (Lipinski definition) is 0. The number of alkyl halides is 3. The molecule has 1 saturated heterocycles. The minimum Gasteiger partial charge on any atom is -0.406 e. The summed E-state index contributed by atoms with van der Waals surface area (Å²) in [5, 5.41) is 0.457. The van der Waals surface area contributed by atoms with E-state index < -0.39 is 6.36 Å². The van der Waals surface area contributed by atoms with Crippen molar-refractivity contribution in [1.29, 1.82) is 0 Å². The summed E-state index contributed by atoms with van der Waals surface area (Å²) in [5.41, 5.74) is 2.36. The first-order valence-corrected chi connectivity index (χ1v) is 10.6. The zero-order valence-electron chi connectivity index (χ0n) is 18.0. The number of fused-ring (bicyclic) bond motifs is 1. The quantitative estimate of drug-likeness (QED) is 0.501. The first kappa shape index (κ1) is 25.8. The number of carbonyl (C=O) groups excluding carboxylic acids is 1. The van der Waals surface area contributed by atoms with Gasteiger partial charge in [0, 0.05) is 24.6 Å². The van der Waals surface area contributed by atoms with Gasteiger partial charge in [-0.2, -0.15) is 0 Å². The second kappa shape index (κ2) is 11.8. The number of nitrogens with zero attached hydrogens (tertiary/aromatic N) is 1. The molecule has 1 aromatic carbocycles. The van der Waals surface area contributed by atoms with Crippen LogP contribution in [-0.2, 0) is 11.3 Å². The van der Waals surface area contributed by atoms with Crippen LogP contribution in [0.25, 0.3) is 0 Å². The van der Waals surface area contributed by atoms with Crippen molar-refractivity contribution in [3.8, 4) is 5.75 Å². The van der Waals surface area contributed by atoms with E-state index in [1.54, 1.807) is 4.90 Å². The lowest BCUT2D eigenvalue weighted by atomic mass is 10.0. The van der Waals surface area contributed by atoms with E-state index in [9.17, 15) is 18.0 Å². The number of benzene rings is 1. The molecule has 1 aliphatic heterocycles. The first-order chi connectivity index (χ1) is 14.3. The fourth-order valence-corrected chi connectivity index (χ4v) is 3.44. The Kier molecular flexibility index (Phi) is 10.2. The van der Waals surface area contributed by atoms with Crippen molar-refractivity contribution in [3.05, 3.63) is 64.2 Å². The third kappa shape index (κ3) is 6.94. The average Bonchev–Trinajstić information content (AvgIpc) is 2.93. The molecule has 1 atom stereocenters. The van der Waals surface area contributed by atoms with Gasteiger partial charge in [-0.3, -0.25) is 4.79 Å². The molecular weight excluding hydrogens is 415 g/mol. The Bertz CT molecular complexity index is 796. The van der Waals surface area contributed by atoms with E-state index in [4.69, 9.17) is 11.6 Å². The van der Waals surface area contributed by atoms with Crippen LogP contribution in [0.2, 0.25) is 0 Å². The number of ether oxygens (including phenoxy) is 1. The minimum absolute atomic E-state index is 0.0804. The fourth-order valence-electron chi connectivity index (χ4n) is 3.08. The predicted octanol–water partition coefficient (Wildman–Crippen LogP) is 7.00. The highest BCUT2D eigenvalue weighted by molar-refractivity contribution is 6.34. The lowest BCUT2D eigenvalue weighted by molar-refractivity contribution is -0.274. The van der Waals surface area contributed by atoms with Crippen LogP contribution < -0.4 is 4.74 Å². The van der Waals surface area contributed by atoms with Gasteiger partial charge in [-0.15, -0.1) is 13.2 Å². The second-order valence-electron chi connectivity index (χ2n) is 6.18. The molecule has 1 aromatic rings. The lowest BCUT2D eigenvalue weighted by Crippen LogP contribution is -2.25. The molecule has 0 spiro atoms. The van der Waals surface area contributed by atoms with Gasteiger partial charge in [0.15, 0.2) is 0 Å². The maximum absolute atomic E-state index is 12.7. The Morgan fingerprint density at radius 2 is 1.73 bits per heavy atom. The number of carbonyl (C=O) groups is 1. The zero-order valence-corrected chi connectivity index (χ0v) is 18.8. The van der Waals surface area contributed by atoms with E-state index in [-0.39, 0.29) is 17.6 Å². The van der Waals surface area contributed by atoms with Gasteiger partial charge < -0.3 is 9.64 Å². The highest BCUT2D eigenvalue weighted by Crippen LogP contribution is 2.34. The molecule has 166 valence electrons. The van der Waals surface area contributed by atoms with Crippen LogP contribution in [0.15, 0.2) is 58.7 Å². The summed E-state index contributed by atoms with van der Waals surface area (Å²) < 4.78 is 40.5. The normalized spacial score (nSPS) is 17.9. The molecule has 3 nitrogen and oxygen atoms in total. The van der Waals surface area contributed by atoms with Gasteiger partial charge in [0.25, 0.3) is 5.91 Å². The predicted molar refractivity (Wildman–Crippen MR) is 115 cm³/mol. The van der Waals surface area contributed by atoms with Crippen LogP contribution in [0.4, 0.5) is 13.2 Å². The summed E-state index contributed by atoms with van der Waals surface area (Å²) in [6.45, 7) is 10.8. The third-order valence-corrected chi connectivity index (χ3v) is 4.67. The Balaban J connectivity index is 0.00000106. The Morgan fingerprint density at radius 1 is 1.13 bits per heavy atom. The maximum Gasteiger partial charge on any atom is 0.573 e. The van der Waals surface area contributed by atoms with E-state index in [2.05, 4.69) is 4.74 Å². The summed E-state index contributed by atoms with van der Waals surface area (Å²) in [6, 6.07) is 5.51. The molecule has 0 N–H and O–H groups in total. The molecule has 0 bridgehead atoms. The molecule has 0 aromatic heterocycles. The lowest BCUT2D eigenvalue weighted by Gasteiger charge is -2.16. The summed E-state index contributed by atoms with van der Waals surface area (Å²) in [4.78, 5) is 14.4. The van der Waals surface area contributed by atoms with Crippen LogP contribution >= 0.6 is 11.6 Å². The SMILES string of the molecule is CC.CC.CCC1=CC(Cl)=C2C(=O)N(Cc3ccc(OC(F)(F)F)cc3)CC2C=C1. The van der Waals surface area contributed by atoms with Gasteiger partial charge in [-0.25, -0.2) is 0 Å². The molecule has 0 radical (unpaired) electrons. The molecule has 1 unspecified atom stereocenters. The molecule has 1 heterocycles. The van der Waals surface area contributed by atoms with Crippen molar-refractivity contribution in [2.45, 2.75) is 53.9 Å². The number of halogens is 4. The van der Waals surface area contributed by atoms with Gasteiger partial charge in [-0.05, 0) is 35.8 Å². The monoisotopic (exact) mass is 443 g/mol. The van der Waals surface area contributed by atoms with Crippen LogP contribution in [0.5, 0.6) is 5.75 Å². The van der Waals surface area contributed by atoms with Gasteiger partial charge in [0.1, 0.15) is 5.75 Å². The number of allylic oxidation sites excluding steroid dienone is 4. The van der Waals surface area contributed by atoms with Gasteiger partial charge in [-0.1, -0.05) is 70.5 Å². The summed E-state index contributed by atoms with van der Waals surface area (Å²) >= 11 is 6.33. The van der Waals surface area contributed by atoms with E-state index in [0.717, 1.165) is 17.6 Å². The van der Waals surface area contributed by atoms with E-state index in [1.807, 2.05) is 52.8 Å². The zero-order chi connectivity index (χ0) is 22.9. The highest BCUT2D eigenvalue weighted by atomic mass is 35.5. The smallest absolute Gasteiger partial charge is 0.406 e. The van der Waals surface area contributed by atoms with E-state index in [0.29, 0.717) is 23.7 Å². The van der Waals surface area contributed by atoms with E-state index in [1.165, 1.54) is 24.3 Å². The fraction of sp³-hybridized carbons (Fsp3) is 0.435. The third-order valence-electron chi connectivity index (χ3n) is 4.36. The summed E-state index contributed by atoms with van der Waals surface area (Å²) in [6.07, 6.45) is 1.90.